The summed E-state index contributed by atoms with van der Waals surface area (Å²) >= 11 is 0. The minimum Gasteiger partial charge on any atom is -0.329 e. The van der Waals surface area contributed by atoms with E-state index in [9.17, 15) is 0 Å². The van der Waals surface area contributed by atoms with Crippen molar-refractivity contribution in [3.8, 4) is 0 Å². The fourth-order valence-electron chi connectivity index (χ4n) is 3.32. The van der Waals surface area contributed by atoms with Crippen LogP contribution in [0, 0.1) is 5.92 Å². The summed E-state index contributed by atoms with van der Waals surface area (Å²) in [6, 6.07) is 0. The summed E-state index contributed by atoms with van der Waals surface area (Å²) in [5, 5.41) is 0. The van der Waals surface area contributed by atoms with Crippen LogP contribution in [-0.2, 0) is 0 Å². The molecule has 0 bridgehead atoms. The zero-order valence-corrected chi connectivity index (χ0v) is 12.9. The second-order valence-corrected chi connectivity index (χ2v) is 6.16. The first-order valence-electron chi connectivity index (χ1n) is 7.67. The van der Waals surface area contributed by atoms with Crippen molar-refractivity contribution in [2.75, 3.05) is 40.3 Å². The molecule has 0 radical (unpaired) electrons. The number of nitrogens with two attached hydrogens (primary N) is 1. The molecule has 0 aromatic carbocycles. The lowest BCUT2D eigenvalue weighted by atomic mass is 9.74. The van der Waals surface area contributed by atoms with Gasteiger partial charge >= 0.3 is 0 Å². The number of hydrogen-bond donors (Lipinski definition) is 1. The quantitative estimate of drug-likeness (QED) is 0.757. The van der Waals surface area contributed by atoms with E-state index in [0.717, 1.165) is 32.1 Å². The topological polar surface area (TPSA) is 32.5 Å². The van der Waals surface area contributed by atoms with Gasteiger partial charge < -0.3 is 10.6 Å². The van der Waals surface area contributed by atoms with Crippen LogP contribution in [0.25, 0.3) is 0 Å². The summed E-state index contributed by atoms with van der Waals surface area (Å²) in [6.07, 6.45) is 6.66. The molecule has 1 aliphatic carbocycles. The minimum absolute atomic E-state index is 0.288. The van der Waals surface area contributed by atoms with Crippen LogP contribution in [0.1, 0.15) is 46.0 Å². The van der Waals surface area contributed by atoms with Crippen molar-refractivity contribution in [3.05, 3.63) is 0 Å². The second-order valence-electron chi connectivity index (χ2n) is 6.16. The Labute approximate surface area is 114 Å². The van der Waals surface area contributed by atoms with Crippen LogP contribution >= 0.6 is 0 Å². The van der Waals surface area contributed by atoms with Crippen LogP contribution in [0.3, 0.4) is 0 Å². The maximum absolute atomic E-state index is 6.15. The zero-order valence-electron chi connectivity index (χ0n) is 12.9. The number of hydrogen-bond acceptors (Lipinski definition) is 3. The van der Waals surface area contributed by atoms with Gasteiger partial charge in [-0.2, -0.15) is 0 Å². The first kappa shape index (κ1) is 15.9. The molecule has 2 N–H and O–H groups in total. The molecular formula is C15H33N3. The van der Waals surface area contributed by atoms with Crippen LogP contribution in [0.15, 0.2) is 0 Å². The third-order valence-corrected chi connectivity index (χ3v) is 4.86. The van der Waals surface area contributed by atoms with E-state index in [1.165, 1.54) is 32.1 Å². The van der Waals surface area contributed by atoms with Gasteiger partial charge in [-0.05, 0) is 52.2 Å². The molecule has 0 heterocycles. The second kappa shape index (κ2) is 7.46. The van der Waals surface area contributed by atoms with Gasteiger partial charge in [0, 0.05) is 25.2 Å². The lowest BCUT2D eigenvalue weighted by Gasteiger charge is -2.47. The van der Waals surface area contributed by atoms with E-state index in [4.69, 9.17) is 5.73 Å². The van der Waals surface area contributed by atoms with Gasteiger partial charge in [-0.3, -0.25) is 4.90 Å². The molecular weight excluding hydrogens is 222 g/mol. The van der Waals surface area contributed by atoms with Gasteiger partial charge in [0.15, 0.2) is 0 Å². The minimum atomic E-state index is 0.288. The average Bonchev–Trinajstić information content (AvgIpc) is 2.39. The Hall–Kier alpha value is -0.120. The molecule has 0 saturated heterocycles. The van der Waals surface area contributed by atoms with Crippen molar-refractivity contribution in [1.82, 2.24) is 9.80 Å². The lowest BCUT2D eigenvalue weighted by molar-refractivity contribution is 0.0412. The smallest absolute Gasteiger partial charge is 0.0332 e. The van der Waals surface area contributed by atoms with E-state index < -0.39 is 0 Å². The summed E-state index contributed by atoms with van der Waals surface area (Å²) in [5.41, 5.74) is 6.44. The highest BCUT2D eigenvalue weighted by Crippen LogP contribution is 2.37. The summed E-state index contributed by atoms with van der Waals surface area (Å²) in [4.78, 5) is 4.91. The highest BCUT2D eigenvalue weighted by Gasteiger charge is 2.37. The van der Waals surface area contributed by atoms with E-state index >= 15 is 0 Å². The van der Waals surface area contributed by atoms with Crippen molar-refractivity contribution in [2.24, 2.45) is 11.7 Å². The fraction of sp³-hybridized carbons (Fsp3) is 1.00. The predicted octanol–water partition coefficient (Wildman–Crippen LogP) is 2.17. The molecule has 3 nitrogen and oxygen atoms in total. The summed E-state index contributed by atoms with van der Waals surface area (Å²) in [7, 11) is 4.30. The Balaban J connectivity index is 2.61. The Morgan fingerprint density at radius 3 is 2.11 bits per heavy atom. The van der Waals surface area contributed by atoms with E-state index in [1.54, 1.807) is 0 Å². The Bertz CT molecular complexity index is 220. The van der Waals surface area contributed by atoms with Crippen molar-refractivity contribution in [3.63, 3.8) is 0 Å². The van der Waals surface area contributed by atoms with Crippen LogP contribution < -0.4 is 5.73 Å². The molecule has 0 unspecified atom stereocenters. The normalized spacial score (nSPS) is 29.2. The molecule has 0 amide bonds. The highest BCUT2D eigenvalue weighted by molar-refractivity contribution is 4.95. The Morgan fingerprint density at radius 1 is 1.11 bits per heavy atom. The first-order valence-corrected chi connectivity index (χ1v) is 7.67. The standard InChI is InChI=1S/C15H33N3/c1-5-14-7-9-15(13-16,10-8-14)18(6-2)12-11-17(3)4/h14H,5-13,16H2,1-4H3. The van der Waals surface area contributed by atoms with Crippen LogP contribution in [0.2, 0.25) is 0 Å². The largest absolute Gasteiger partial charge is 0.329 e. The molecule has 1 fully saturated rings. The lowest BCUT2D eigenvalue weighted by Crippen LogP contribution is -2.57. The van der Waals surface area contributed by atoms with Crippen molar-refractivity contribution in [1.29, 1.82) is 0 Å². The first-order chi connectivity index (χ1) is 8.57. The molecule has 0 aromatic heterocycles. The summed E-state index contributed by atoms with van der Waals surface area (Å²) in [5.74, 6) is 0.942. The van der Waals surface area contributed by atoms with Gasteiger partial charge in [-0.15, -0.1) is 0 Å². The average molecular weight is 255 g/mol. The van der Waals surface area contributed by atoms with Gasteiger partial charge in [-0.1, -0.05) is 20.3 Å². The number of rotatable bonds is 7. The van der Waals surface area contributed by atoms with E-state index in [2.05, 4.69) is 37.7 Å². The zero-order chi connectivity index (χ0) is 13.6. The van der Waals surface area contributed by atoms with E-state index in [0.29, 0.717) is 0 Å². The van der Waals surface area contributed by atoms with Gasteiger partial charge in [0.1, 0.15) is 0 Å². The summed E-state index contributed by atoms with van der Waals surface area (Å²) < 4.78 is 0. The maximum Gasteiger partial charge on any atom is 0.0332 e. The number of nitrogens with zero attached hydrogens (tertiary/aromatic N) is 2. The predicted molar refractivity (Wildman–Crippen MR) is 79.8 cm³/mol. The molecule has 1 aliphatic rings. The van der Waals surface area contributed by atoms with Crippen LogP contribution in [-0.4, -0.2) is 55.6 Å². The molecule has 18 heavy (non-hydrogen) atoms. The molecule has 0 aliphatic heterocycles. The van der Waals surface area contributed by atoms with Crippen molar-refractivity contribution in [2.45, 2.75) is 51.5 Å². The summed E-state index contributed by atoms with van der Waals surface area (Å²) in [6.45, 7) is 8.83. The van der Waals surface area contributed by atoms with Crippen LogP contribution in [0.4, 0.5) is 0 Å². The third-order valence-electron chi connectivity index (χ3n) is 4.86. The van der Waals surface area contributed by atoms with Gasteiger partial charge in [0.05, 0.1) is 0 Å². The number of likely N-dealkylation sites (N-methyl/N-ethyl adjacent to an activating group) is 2. The molecule has 108 valence electrons. The van der Waals surface area contributed by atoms with Gasteiger partial charge in [-0.25, -0.2) is 0 Å². The third kappa shape index (κ3) is 3.94. The molecule has 1 saturated carbocycles. The molecule has 0 aromatic rings. The van der Waals surface area contributed by atoms with E-state index in [-0.39, 0.29) is 5.54 Å². The molecule has 0 atom stereocenters. The monoisotopic (exact) mass is 255 g/mol. The Kier molecular flexibility index (Phi) is 6.61. The highest BCUT2D eigenvalue weighted by atomic mass is 15.2. The van der Waals surface area contributed by atoms with Crippen molar-refractivity contribution < 1.29 is 0 Å². The van der Waals surface area contributed by atoms with Crippen LogP contribution in [0.5, 0.6) is 0 Å². The fourth-order valence-corrected chi connectivity index (χ4v) is 3.32. The maximum atomic E-state index is 6.15. The molecule has 3 heteroatoms. The van der Waals surface area contributed by atoms with E-state index in [1.807, 2.05) is 0 Å². The van der Waals surface area contributed by atoms with Gasteiger partial charge in [0.2, 0.25) is 0 Å². The molecule has 0 spiro atoms. The SMILES string of the molecule is CCC1CCC(CN)(N(CC)CCN(C)C)CC1. The molecule has 1 rings (SSSR count). The van der Waals surface area contributed by atoms with Crippen molar-refractivity contribution >= 4 is 0 Å². The Morgan fingerprint density at radius 2 is 1.72 bits per heavy atom. The van der Waals surface area contributed by atoms with Gasteiger partial charge in [0.25, 0.3) is 0 Å².